The first-order valence-corrected chi connectivity index (χ1v) is 18.5. The number of allylic oxidation sites excluding steroid dienone is 2. The molecule has 0 bridgehead atoms. The van der Waals surface area contributed by atoms with Gasteiger partial charge >= 0.3 is 0 Å². The standard InChI is InChI=1S/C42H30BrClFN3O5/c43-23-7-15-27(16-8-23)47-38(50)32-18-17-31-33(36(32)40(47)52)21-34-39(51)48(46-26-13-11-25(45)12-14-26)41(53)42(34,22-5-9-24(44)10-6-22)37(31)30-19-20-35(49)29-4-2-1-3-28(29)30/h1-17,19-20,32-34,36-37,46,49H,18,21H2/t32-,33+,34-,36-,37-,42+/m0/s1. The highest BCUT2D eigenvalue weighted by Crippen LogP contribution is 2.65. The van der Waals surface area contributed by atoms with E-state index in [4.69, 9.17) is 11.6 Å². The molecule has 5 aromatic carbocycles. The van der Waals surface area contributed by atoms with Crippen LogP contribution in [0.2, 0.25) is 5.02 Å². The highest BCUT2D eigenvalue weighted by atomic mass is 79.9. The summed E-state index contributed by atoms with van der Waals surface area (Å²) in [5, 5.41) is 13.7. The zero-order chi connectivity index (χ0) is 36.8. The Labute approximate surface area is 316 Å². The molecule has 8 nitrogen and oxygen atoms in total. The number of hydrogen-bond acceptors (Lipinski definition) is 6. The Morgan fingerprint density at radius 3 is 2.21 bits per heavy atom. The number of benzene rings is 5. The fourth-order valence-corrected chi connectivity index (χ4v) is 9.79. The van der Waals surface area contributed by atoms with Crippen molar-refractivity contribution < 1.29 is 28.7 Å². The molecule has 2 saturated heterocycles. The monoisotopic (exact) mass is 789 g/mol. The summed E-state index contributed by atoms with van der Waals surface area (Å²) in [6, 6.07) is 30.0. The SMILES string of the molecule is O=C1[C@@H]2C[C@@H]3C(=CC[C@@H]4C(=O)N(c5ccc(Br)cc5)C(=O)[C@@H]43)[C@H](c3ccc(O)c4ccccc34)[C@]2(c2ccc(Cl)cc2)C(=O)N1Nc1ccc(F)cc1. The van der Waals surface area contributed by atoms with E-state index in [1.54, 1.807) is 66.7 Å². The van der Waals surface area contributed by atoms with E-state index in [9.17, 15) is 23.9 Å². The minimum atomic E-state index is -1.54. The normalized spacial score (nSPS) is 26.4. The quantitative estimate of drug-likeness (QED) is 0.137. The molecule has 9 rings (SSSR count). The largest absolute Gasteiger partial charge is 0.507 e. The molecule has 2 heterocycles. The number of hydrazine groups is 1. The lowest BCUT2D eigenvalue weighted by Crippen LogP contribution is -2.53. The molecule has 0 spiro atoms. The Hall–Kier alpha value is -5.32. The smallest absolute Gasteiger partial charge is 0.260 e. The molecule has 6 atom stereocenters. The molecule has 3 fully saturated rings. The van der Waals surface area contributed by atoms with Gasteiger partial charge in [-0.1, -0.05) is 81.6 Å². The summed E-state index contributed by atoms with van der Waals surface area (Å²) in [4.78, 5) is 60.2. The molecule has 0 aromatic heterocycles. The van der Waals surface area contributed by atoms with Crippen molar-refractivity contribution in [3.05, 3.63) is 147 Å². The number of carbonyl (C=O) groups is 4. The molecule has 0 unspecified atom stereocenters. The number of nitrogens with zero attached hydrogens (tertiary/aromatic N) is 2. The number of nitrogens with one attached hydrogen (secondary N) is 1. The van der Waals surface area contributed by atoms with Gasteiger partial charge in [0, 0.05) is 20.8 Å². The summed E-state index contributed by atoms with van der Waals surface area (Å²) < 4.78 is 14.7. The van der Waals surface area contributed by atoms with E-state index in [1.165, 1.54) is 29.2 Å². The molecule has 4 amide bonds. The highest BCUT2D eigenvalue weighted by Gasteiger charge is 2.70. The van der Waals surface area contributed by atoms with E-state index in [0.29, 0.717) is 38.3 Å². The topological polar surface area (TPSA) is 107 Å². The second kappa shape index (κ2) is 12.4. The van der Waals surface area contributed by atoms with Crippen LogP contribution in [0, 0.1) is 29.5 Å². The average Bonchev–Trinajstić information content (AvgIpc) is 3.54. The number of rotatable bonds is 5. The van der Waals surface area contributed by atoms with Crippen molar-refractivity contribution in [2.24, 2.45) is 23.7 Å². The maximum Gasteiger partial charge on any atom is 0.260 e. The minimum Gasteiger partial charge on any atom is -0.507 e. The third-order valence-electron chi connectivity index (χ3n) is 11.6. The lowest BCUT2D eigenvalue weighted by Gasteiger charge is -2.51. The number of carbonyl (C=O) groups excluding carboxylic acids is 4. The van der Waals surface area contributed by atoms with Crippen molar-refractivity contribution in [2.45, 2.75) is 24.2 Å². The van der Waals surface area contributed by atoms with Crippen molar-refractivity contribution in [3.8, 4) is 5.75 Å². The van der Waals surface area contributed by atoms with Gasteiger partial charge in [-0.2, -0.15) is 5.01 Å². The summed E-state index contributed by atoms with van der Waals surface area (Å²) in [5.41, 5.74) is 4.28. The number of anilines is 2. The third-order valence-corrected chi connectivity index (χ3v) is 12.4. The zero-order valence-electron chi connectivity index (χ0n) is 27.9. The van der Waals surface area contributed by atoms with Crippen molar-refractivity contribution in [1.29, 1.82) is 0 Å². The van der Waals surface area contributed by atoms with Gasteiger partial charge in [-0.15, -0.1) is 0 Å². The van der Waals surface area contributed by atoms with Crippen LogP contribution in [0.4, 0.5) is 15.8 Å². The molecule has 1 saturated carbocycles. The zero-order valence-corrected chi connectivity index (χ0v) is 30.2. The Bertz CT molecular complexity index is 2400. The Balaban J connectivity index is 1.28. The van der Waals surface area contributed by atoms with Gasteiger partial charge in [0.1, 0.15) is 11.6 Å². The fourth-order valence-electron chi connectivity index (χ4n) is 9.40. The number of phenolic OH excluding ortho intramolecular Hbond substituents is 1. The van der Waals surface area contributed by atoms with E-state index >= 15 is 4.79 Å². The van der Waals surface area contributed by atoms with Crippen LogP contribution >= 0.6 is 27.5 Å². The van der Waals surface area contributed by atoms with Gasteiger partial charge < -0.3 is 5.11 Å². The molecule has 0 radical (unpaired) electrons. The van der Waals surface area contributed by atoms with Crippen LogP contribution in [0.15, 0.2) is 125 Å². The average molecular weight is 791 g/mol. The predicted molar refractivity (Wildman–Crippen MR) is 201 cm³/mol. The molecule has 264 valence electrons. The van der Waals surface area contributed by atoms with Gasteiger partial charge in [0.2, 0.25) is 11.8 Å². The number of aromatic hydroxyl groups is 1. The third kappa shape index (κ3) is 4.92. The number of fused-ring (bicyclic) bond motifs is 5. The summed E-state index contributed by atoms with van der Waals surface area (Å²) in [5.74, 6) is -5.89. The summed E-state index contributed by atoms with van der Waals surface area (Å²) in [6.45, 7) is 0. The van der Waals surface area contributed by atoms with Gasteiger partial charge in [-0.05, 0) is 102 Å². The molecule has 11 heteroatoms. The summed E-state index contributed by atoms with van der Waals surface area (Å²) >= 11 is 9.84. The first-order chi connectivity index (χ1) is 25.6. The van der Waals surface area contributed by atoms with Crippen LogP contribution in [0.3, 0.4) is 0 Å². The number of hydrogen-bond donors (Lipinski definition) is 2. The van der Waals surface area contributed by atoms with Gasteiger partial charge in [-0.3, -0.25) is 29.5 Å². The minimum absolute atomic E-state index is 0.0571. The lowest BCUT2D eigenvalue weighted by atomic mass is 9.49. The molecule has 2 aliphatic carbocycles. The van der Waals surface area contributed by atoms with Crippen molar-refractivity contribution in [3.63, 3.8) is 0 Å². The number of amides is 4. The number of phenols is 1. The van der Waals surface area contributed by atoms with E-state index in [0.717, 1.165) is 15.1 Å². The summed E-state index contributed by atoms with van der Waals surface area (Å²) in [7, 11) is 0. The second-order valence-electron chi connectivity index (χ2n) is 14.1. The Morgan fingerprint density at radius 2 is 1.49 bits per heavy atom. The maximum absolute atomic E-state index is 15.4. The van der Waals surface area contributed by atoms with E-state index < -0.39 is 52.6 Å². The van der Waals surface area contributed by atoms with E-state index in [-0.39, 0.29) is 30.4 Å². The molecule has 53 heavy (non-hydrogen) atoms. The molecular weight excluding hydrogens is 761 g/mol. The number of halogens is 3. The highest BCUT2D eigenvalue weighted by molar-refractivity contribution is 9.10. The van der Waals surface area contributed by atoms with Gasteiger partial charge in [0.05, 0.1) is 34.5 Å². The number of imide groups is 2. The van der Waals surface area contributed by atoms with Gasteiger partial charge in [0.25, 0.3) is 11.8 Å². The van der Waals surface area contributed by atoms with E-state index in [1.807, 2.05) is 24.3 Å². The van der Waals surface area contributed by atoms with Crippen LogP contribution in [-0.4, -0.2) is 33.7 Å². The molecule has 5 aromatic rings. The first-order valence-electron chi connectivity index (χ1n) is 17.3. The van der Waals surface area contributed by atoms with Gasteiger partial charge in [0.15, 0.2) is 0 Å². The van der Waals surface area contributed by atoms with Crippen molar-refractivity contribution in [1.82, 2.24) is 5.01 Å². The second-order valence-corrected chi connectivity index (χ2v) is 15.4. The molecular formula is C42H30BrClFN3O5. The van der Waals surface area contributed by atoms with Crippen LogP contribution in [0.25, 0.3) is 10.8 Å². The van der Waals surface area contributed by atoms with Crippen molar-refractivity contribution in [2.75, 3.05) is 10.3 Å². The Kier molecular flexibility index (Phi) is 7.83. The van der Waals surface area contributed by atoms with Crippen LogP contribution in [0.1, 0.15) is 29.9 Å². The Morgan fingerprint density at radius 1 is 0.792 bits per heavy atom. The van der Waals surface area contributed by atoms with Crippen LogP contribution in [0.5, 0.6) is 5.75 Å². The maximum atomic E-state index is 15.4. The lowest BCUT2D eigenvalue weighted by molar-refractivity contribution is -0.138. The fraction of sp³-hybridized carbons (Fsp3) is 0.190. The molecule has 2 N–H and O–H groups in total. The predicted octanol–water partition coefficient (Wildman–Crippen LogP) is 8.29. The molecule has 4 aliphatic rings. The van der Waals surface area contributed by atoms with E-state index in [2.05, 4.69) is 21.4 Å². The van der Waals surface area contributed by atoms with Crippen LogP contribution in [-0.2, 0) is 24.6 Å². The molecule has 2 aliphatic heterocycles. The van der Waals surface area contributed by atoms with Crippen molar-refractivity contribution >= 4 is 73.3 Å². The summed E-state index contributed by atoms with van der Waals surface area (Å²) in [6.07, 6.45) is 2.37. The van der Waals surface area contributed by atoms with Crippen LogP contribution < -0.4 is 10.3 Å². The first kappa shape index (κ1) is 33.5. The van der Waals surface area contributed by atoms with Gasteiger partial charge in [-0.25, -0.2) is 4.39 Å².